The quantitative estimate of drug-likeness (QED) is 0.507. The number of carbonyl (C=O) groups excluding carboxylic acids is 1. The van der Waals surface area contributed by atoms with Gasteiger partial charge in [0.25, 0.3) is 0 Å². The van der Waals surface area contributed by atoms with Gasteiger partial charge in [-0.3, -0.25) is 4.79 Å². The fourth-order valence-electron chi connectivity index (χ4n) is 4.73. The first-order valence-electron chi connectivity index (χ1n) is 11.5. The maximum Gasteiger partial charge on any atom is 0.225 e. The molecule has 2 atom stereocenters. The highest BCUT2D eigenvalue weighted by atomic mass is 35.5. The molecule has 1 aliphatic carbocycles. The summed E-state index contributed by atoms with van der Waals surface area (Å²) in [6.07, 6.45) is 11.2. The molecule has 4 N–H and O–H groups in total. The lowest BCUT2D eigenvalue weighted by Gasteiger charge is -2.33. The van der Waals surface area contributed by atoms with E-state index in [0.717, 1.165) is 81.1 Å². The molecule has 0 aromatic rings. The highest BCUT2D eigenvalue weighted by molar-refractivity contribution is 6.31. The van der Waals surface area contributed by atoms with Crippen molar-refractivity contribution in [2.75, 3.05) is 26.2 Å². The van der Waals surface area contributed by atoms with Crippen LogP contribution < -0.4 is 21.3 Å². The fraction of sp³-hybridized carbons (Fsp3) is 0.565. The topological polar surface area (TPSA) is 80.8 Å². The summed E-state index contributed by atoms with van der Waals surface area (Å²) in [4.78, 5) is 19.5. The van der Waals surface area contributed by atoms with Gasteiger partial charge in [-0.15, -0.1) is 0 Å². The maximum absolute atomic E-state index is 12.5. The van der Waals surface area contributed by atoms with E-state index in [9.17, 15) is 4.79 Å². The second kappa shape index (κ2) is 8.61. The molecule has 5 rings (SSSR count). The van der Waals surface area contributed by atoms with E-state index < -0.39 is 0 Å². The van der Waals surface area contributed by atoms with E-state index in [1.54, 1.807) is 6.20 Å². The van der Waals surface area contributed by atoms with Gasteiger partial charge >= 0.3 is 0 Å². The fourth-order valence-corrected chi connectivity index (χ4v) is 4.91. The number of aliphatic imine (C=N–C) groups is 1. The maximum atomic E-state index is 12.5. The van der Waals surface area contributed by atoms with Gasteiger partial charge in [-0.25, -0.2) is 4.99 Å². The second-order valence-electron chi connectivity index (χ2n) is 9.02. The van der Waals surface area contributed by atoms with Crippen molar-refractivity contribution in [3.8, 4) is 0 Å². The third kappa shape index (κ3) is 4.33. The summed E-state index contributed by atoms with van der Waals surface area (Å²) < 4.78 is 0. The number of nitrogens with one attached hydrogen (secondary N) is 4. The number of amides is 1. The number of rotatable bonds is 6. The van der Waals surface area contributed by atoms with Crippen molar-refractivity contribution in [2.45, 2.75) is 45.2 Å². The lowest BCUT2D eigenvalue weighted by atomic mass is 9.97. The Labute approximate surface area is 188 Å². The highest BCUT2D eigenvalue weighted by Crippen LogP contribution is 2.32. The van der Waals surface area contributed by atoms with Crippen LogP contribution in [-0.4, -0.2) is 49.0 Å². The van der Waals surface area contributed by atoms with Crippen molar-refractivity contribution < 1.29 is 4.79 Å². The minimum atomic E-state index is 0.0344. The molecule has 4 aliphatic heterocycles. The normalized spacial score (nSPS) is 27.7. The van der Waals surface area contributed by atoms with Crippen LogP contribution in [0.2, 0.25) is 0 Å². The van der Waals surface area contributed by atoms with E-state index in [1.807, 2.05) is 12.3 Å². The van der Waals surface area contributed by atoms with Gasteiger partial charge in [0.2, 0.25) is 5.91 Å². The number of amidine groups is 1. The Morgan fingerprint density at radius 2 is 2.13 bits per heavy atom. The van der Waals surface area contributed by atoms with Crippen molar-refractivity contribution in [1.82, 2.24) is 26.2 Å². The van der Waals surface area contributed by atoms with Crippen LogP contribution in [0.15, 0.2) is 51.0 Å². The molecular weight excluding hydrogens is 412 g/mol. The molecular formula is C23H31ClN6O. The average Bonchev–Trinajstić information content (AvgIpc) is 3.57. The molecule has 1 unspecified atom stereocenters. The van der Waals surface area contributed by atoms with E-state index in [1.165, 1.54) is 5.57 Å². The molecule has 5 aliphatic rings. The van der Waals surface area contributed by atoms with Crippen LogP contribution in [0.1, 0.15) is 39.0 Å². The van der Waals surface area contributed by atoms with Crippen molar-refractivity contribution >= 4 is 23.3 Å². The molecule has 166 valence electrons. The summed E-state index contributed by atoms with van der Waals surface area (Å²) in [6, 6.07) is 0. The number of hydrogen-bond donors (Lipinski definition) is 4. The van der Waals surface area contributed by atoms with Crippen LogP contribution in [-0.2, 0) is 4.79 Å². The summed E-state index contributed by atoms with van der Waals surface area (Å²) in [5.41, 5.74) is 3.42. The largest absolute Gasteiger partial charge is 0.370 e. The van der Waals surface area contributed by atoms with Gasteiger partial charge in [-0.05, 0) is 49.7 Å². The van der Waals surface area contributed by atoms with Crippen LogP contribution in [0, 0.1) is 11.8 Å². The average molecular weight is 443 g/mol. The van der Waals surface area contributed by atoms with Gasteiger partial charge in [0, 0.05) is 55.6 Å². The lowest BCUT2D eigenvalue weighted by molar-refractivity contribution is -0.134. The Morgan fingerprint density at radius 1 is 1.29 bits per heavy atom. The molecule has 7 nitrogen and oxygen atoms in total. The number of nitrogens with zero attached hydrogens (tertiary/aromatic N) is 2. The van der Waals surface area contributed by atoms with Crippen LogP contribution in [0.5, 0.6) is 0 Å². The monoisotopic (exact) mass is 442 g/mol. The summed E-state index contributed by atoms with van der Waals surface area (Å²) >= 11 is 6.21. The minimum absolute atomic E-state index is 0.0344. The van der Waals surface area contributed by atoms with E-state index in [0.29, 0.717) is 22.8 Å². The number of fused-ring (bicyclic) bond motifs is 1. The number of dihydropyridines is 1. The van der Waals surface area contributed by atoms with Gasteiger partial charge < -0.3 is 26.2 Å². The van der Waals surface area contributed by atoms with Gasteiger partial charge in [0.1, 0.15) is 17.8 Å². The summed E-state index contributed by atoms with van der Waals surface area (Å²) in [5, 5.41) is 14.4. The Hall–Kier alpha value is -2.41. The van der Waals surface area contributed by atoms with Crippen molar-refractivity contribution in [2.24, 2.45) is 16.8 Å². The summed E-state index contributed by atoms with van der Waals surface area (Å²) in [5.74, 6) is 2.99. The van der Waals surface area contributed by atoms with Crippen LogP contribution in [0.25, 0.3) is 0 Å². The molecule has 0 radical (unpaired) electrons. The lowest BCUT2D eigenvalue weighted by Crippen LogP contribution is -2.44. The van der Waals surface area contributed by atoms with E-state index >= 15 is 0 Å². The number of hydrogen-bond acceptors (Lipinski definition) is 6. The molecule has 1 amide bonds. The zero-order valence-electron chi connectivity index (χ0n) is 18.0. The second-order valence-corrected chi connectivity index (χ2v) is 9.46. The Bertz CT molecular complexity index is 913. The third-order valence-electron chi connectivity index (χ3n) is 6.72. The van der Waals surface area contributed by atoms with Gasteiger partial charge in [-0.2, -0.15) is 0 Å². The smallest absolute Gasteiger partial charge is 0.225 e. The van der Waals surface area contributed by atoms with Crippen molar-refractivity contribution in [3.05, 3.63) is 46.0 Å². The molecule has 1 saturated carbocycles. The zero-order valence-corrected chi connectivity index (χ0v) is 18.8. The Balaban J connectivity index is 1.26. The molecule has 1 saturated heterocycles. The molecule has 2 fully saturated rings. The van der Waals surface area contributed by atoms with E-state index in [-0.39, 0.29) is 6.17 Å². The van der Waals surface area contributed by atoms with Crippen molar-refractivity contribution in [3.63, 3.8) is 0 Å². The number of piperidine rings is 1. The highest BCUT2D eigenvalue weighted by Gasteiger charge is 2.35. The van der Waals surface area contributed by atoms with Crippen molar-refractivity contribution in [1.29, 1.82) is 0 Å². The van der Waals surface area contributed by atoms with Gasteiger partial charge in [-0.1, -0.05) is 18.5 Å². The number of halogens is 1. The van der Waals surface area contributed by atoms with E-state index in [4.69, 9.17) is 16.6 Å². The summed E-state index contributed by atoms with van der Waals surface area (Å²) in [7, 11) is 0. The SMILES string of the molecule is CCC1=C(NC[C@H]2CCCN(C(=O)C3CC3)C2)N=C(C2=CNC3NC=C(Cl)C=C23)NC1. The number of carbonyl (C=O) groups is 1. The summed E-state index contributed by atoms with van der Waals surface area (Å²) in [6.45, 7) is 5.58. The molecule has 0 spiro atoms. The third-order valence-corrected chi connectivity index (χ3v) is 6.94. The first-order chi connectivity index (χ1) is 15.1. The molecule has 31 heavy (non-hydrogen) atoms. The number of allylic oxidation sites excluding steroid dienone is 2. The molecule has 0 aromatic carbocycles. The first-order valence-corrected chi connectivity index (χ1v) is 11.9. The number of likely N-dealkylation sites (tertiary alicyclic amines) is 1. The van der Waals surface area contributed by atoms with Crippen LogP contribution >= 0.6 is 11.6 Å². The van der Waals surface area contributed by atoms with Crippen LogP contribution in [0.3, 0.4) is 0 Å². The first kappa shape index (κ1) is 20.5. The zero-order chi connectivity index (χ0) is 21.4. The molecule has 0 aromatic heterocycles. The predicted molar refractivity (Wildman–Crippen MR) is 123 cm³/mol. The predicted octanol–water partition coefficient (Wildman–Crippen LogP) is 2.27. The van der Waals surface area contributed by atoms with Gasteiger partial charge in [0.05, 0.1) is 5.03 Å². The molecule has 8 heteroatoms. The Morgan fingerprint density at radius 3 is 2.94 bits per heavy atom. The van der Waals surface area contributed by atoms with Crippen LogP contribution in [0.4, 0.5) is 0 Å². The van der Waals surface area contributed by atoms with Gasteiger partial charge in [0.15, 0.2) is 0 Å². The van der Waals surface area contributed by atoms with E-state index in [2.05, 4.69) is 33.1 Å². The minimum Gasteiger partial charge on any atom is -0.370 e. The molecule has 4 heterocycles. The molecule has 0 bridgehead atoms. The Kier molecular flexibility index (Phi) is 5.69. The standard InChI is InChI=1S/C23H31ClN6O/c1-2-15-10-26-22(19-12-28-21-18(19)8-17(24)11-27-21)29-20(15)25-9-14-4-3-7-30(13-14)23(31)16-5-6-16/h8,11-12,14,16,21,25,27-28H,2-7,9-10,13H2,1H3,(H,26,29)/t14-,21?/m1/s1.